The maximum absolute atomic E-state index is 14.0. The van der Waals surface area contributed by atoms with Crippen molar-refractivity contribution in [2.75, 3.05) is 26.3 Å². The molecule has 3 rings (SSSR count). The molecule has 1 heterocycles. The number of ether oxygens (including phenoxy) is 2. The molecule has 1 aliphatic heterocycles. The van der Waals surface area contributed by atoms with Crippen LogP contribution in [0.3, 0.4) is 0 Å². The van der Waals surface area contributed by atoms with Crippen molar-refractivity contribution in [3.05, 3.63) is 29.6 Å². The molecule has 1 aliphatic carbocycles. The molecular weight excluding hydrogens is 353 g/mol. The lowest BCUT2D eigenvalue weighted by atomic mass is 10.2. The lowest BCUT2D eigenvalue weighted by Crippen LogP contribution is -2.40. The highest BCUT2D eigenvalue weighted by molar-refractivity contribution is 7.89. The lowest BCUT2D eigenvalue weighted by molar-refractivity contribution is -0.124. The quantitative estimate of drug-likeness (QED) is 0.737. The topological polar surface area (TPSA) is 90.0 Å². The zero-order chi connectivity index (χ0) is 18.0. The summed E-state index contributed by atoms with van der Waals surface area (Å²) in [5.74, 6) is -2.13. The smallest absolute Gasteiger partial charge is 0.341 e. The van der Waals surface area contributed by atoms with E-state index in [9.17, 15) is 22.4 Å². The van der Waals surface area contributed by atoms with Crippen molar-refractivity contribution >= 4 is 21.8 Å². The fourth-order valence-electron chi connectivity index (χ4n) is 2.86. The Morgan fingerprint density at radius 3 is 2.64 bits per heavy atom. The number of nitrogens with zero attached hydrogens (tertiary/aromatic N) is 1. The van der Waals surface area contributed by atoms with Crippen LogP contribution in [0, 0.1) is 5.82 Å². The summed E-state index contributed by atoms with van der Waals surface area (Å²) < 4.78 is 50.6. The standard InChI is InChI=1S/C16H18FNO6S/c17-13-5-4-11(25(21,22)18-6-8-23-9-7-18)10-12(13)16(20)24-15-3-1-2-14(15)19/h4-5,10,15H,1-3,6-9H2/t15-/m0/s1. The van der Waals surface area contributed by atoms with E-state index in [1.807, 2.05) is 0 Å². The van der Waals surface area contributed by atoms with Crippen molar-refractivity contribution in [2.24, 2.45) is 0 Å². The van der Waals surface area contributed by atoms with Gasteiger partial charge in [0.2, 0.25) is 10.0 Å². The third-order valence-corrected chi connectivity index (χ3v) is 6.16. The summed E-state index contributed by atoms with van der Waals surface area (Å²) in [6.45, 7) is 0.935. The molecule has 9 heteroatoms. The second kappa shape index (κ2) is 7.19. The Kier molecular flexibility index (Phi) is 5.16. The first-order valence-corrected chi connectivity index (χ1v) is 9.45. The van der Waals surface area contributed by atoms with Crippen molar-refractivity contribution in [2.45, 2.75) is 30.3 Å². The number of benzene rings is 1. The van der Waals surface area contributed by atoms with Gasteiger partial charge in [0.1, 0.15) is 5.82 Å². The third kappa shape index (κ3) is 3.73. The normalized spacial score (nSPS) is 22.1. The molecule has 0 unspecified atom stereocenters. The molecule has 136 valence electrons. The SMILES string of the molecule is O=C(O[C@H]1CCCC1=O)c1cc(S(=O)(=O)N2CCOCC2)ccc1F. The molecule has 0 bridgehead atoms. The van der Waals surface area contributed by atoms with Crippen LogP contribution in [0.1, 0.15) is 29.6 Å². The summed E-state index contributed by atoms with van der Waals surface area (Å²) in [4.78, 5) is 23.6. The van der Waals surface area contributed by atoms with E-state index >= 15 is 0 Å². The molecule has 7 nitrogen and oxygen atoms in total. The molecule has 0 aromatic heterocycles. The van der Waals surface area contributed by atoms with Gasteiger partial charge in [-0.3, -0.25) is 4.79 Å². The average Bonchev–Trinajstić information content (AvgIpc) is 3.00. The lowest BCUT2D eigenvalue weighted by Gasteiger charge is -2.26. The van der Waals surface area contributed by atoms with E-state index in [1.54, 1.807) is 0 Å². The summed E-state index contributed by atoms with van der Waals surface area (Å²) in [5, 5.41) is 0. The predicted molar refractivity (Wildman–Crippen MR) is 84.0 cm³/mol. The van der Waals surface area contributed by atoms with Gasteiger partial charge in [-0.2, -0.15) is 4.31 Å². The van der Waals surface area contributed by atoms with E-state index in [0.717, 1.165) is 18.2 Å². The second-order valence-electron chi connectivity index (χ2n) is 5.91. The van der Waals surface area contributed by atoms with E-state index in [4.69, 9.17) is 9.47 Å². The molecule has 2 aliphatic rings. The van der Waals surface area contributed by atoms with Crippen molar-refractivity contribution in [1.82, 2.24) is 4.31 Å². The second-order valence-corrected chi connectivity index (χ2v) is 7.85. The van der Waals surface area contributed by atoms with Gasteiger partial charge in [-0.05, 0) is 31.0 Å². The highest BCUT2D eigenvalue weighted by Crippen LogP contribution is 2.23. The Labute approximate surface area is 144 Å². The molecule has 2 fully saturated rings. The van der Waals surface area contributed by atoms with Gasteiger partial charge in [0.25, 0.3) is 0 Å². The molecular formula is C16H18FNO6S. The van der Waals surface area contributed by atoms with Gasteiger partial charge in [-0.1, -0.05) is 0 Å². The number of hydrogen-bond donors (Lipinski definition) is 0. The van der Waals surface area contributed by atoms with Crippen molar-refractivity contribution in [3.63, 3.8) is 0 Å². The Hall–Kier alpha value is -1.84. The summed E-state index contributed by atoms with van der Waals surface area (Å²) in [7, 11) is -3.86. The van der Waals surface area contributed by atoms with Crippen LogP contribution in [0.2, 0.25) is 0 Å². The van der Waals surface area contributed by atoms with E-state index in [2.05, 4.69) is 0 Å². The van der Waals surface area contributed by atoms with Gasteiger partial charge in [0.15, 0.2) is 11.9 Å². The van der Waals surface area contributed by atoms with Crippen LogP contribution < -0.4 is 0 Å². The van der Waals surface area contributed by atoms with Gasteiger partial charge in [0.05, 0.1) is 23.7 Å². The highest BCUT2D eigenvalue weighted by Gasteiger charge is 2.31. The van der Waals surface area contributed by atoms with Gasteiger partial charge in [0, 0.05) is 19.5 Å². The molecule has 0 N–H and O–H groups in total. The zero-order valence-corrected chi connectivity index (χ0v) is 14.3. The van der Waals surface area contributed by atoms with E-state index < -0.39 is 33.5 Å². The molecule has 1 atom stereocenters. The number of esters is 1. The third-order valence-electron chi connectivity index (χ3n) is 4.26. The van der Waals surface area contributed by atoms with Gasteiger partial charge >= 0.3 is 5.97 Å². The number of sulfonamides is 1. The number of morpholine rings is 1. The first-order chi connectivity index (χ1) is 11.9. The minimum Gasteiger partial charge on any atom is -0.451 e. The number of Topliss-reactive ketones (excluding diaryl/α,β-unsaturated/α-hetero) is 1. The summed E-state index contributed by atoms with van der Waals surface area (Å²) in [5.41, 5.74) is -0.492. The largest absolute Gasteiger partial charge is 0.451 e. The van der Waals surface area contributed by atoms with Crippen LogP contribution in [-0.4, -0.2) is 56.9 Å². The predicted octanol–water partition coefficient (Wildman–Crippen LogP) is 1.12. The van der Waals surface area contributed by atoms with Crippen LogP contribution >= 0.6 is 0 Å². The Morgan fingerprint density at radius 1 is 1.28 bits per heavy atom. The molecule has 0 amide bonds. The van der Waals surface area contributed by atoms with Crippen LogP contribution in [0.15, 0.2) is 23.1 Å². The number of ketones is 1. The van der Waals surface area contributed by atoms with E-state index in [-0.39, 0.29) is 37.0 Å². The average molecular weight is 371 g/mol. The number of halogens is 1. The molecule has 1 saturated heterocycles. The fourth-order valence-corrected chi connectivity index (χ4v) is 4.29. The van der Waals surface area contributed by atoms with Crippen molar-refractivity contribution in [3.8, 4) is 0 Å². The molecule has 1 aromatic carbocycles. The van der Waals surface area contributed by atoms with E-state index in [0.29, 0.717) is 19.3 Å². The van der Waals surface area contributed by atoms with Gasteiger partial charge in [-0.25, -0.2) is 17.6 Å². The highest BCUT2D eigenvalue weighted by atomic mass is 32.2. The minimum absolute atomic E-state index is 0.191. The Morgan fingerprint density at radius 2 is 2.00 bits per heavy atom. The number of hydrogen-bond acceptors (Lipinski definition) is 6. The van der Waals surface area contributed by atoms with Crippen LogP contribution in [0.4, 0.5) is 4.39 Å². The monoisotopic (exact) mass is 371 g/mol. The van der Waals surface area contributed by atoms with Crippen LogP contribution in [0.25, 0.3) is 0 Å². The fraction of sp³-hybridized carbons (Fsp3) is 0.500. The van der Waals surface area contributed by atoms with Crippen LogP contribution in [0.5, 0.6) is 0 Å². The number of rotatable bonds is 4. The Bertz CT molecular complexity index is 788. The molecule has 0 spiro atoms. The first kappa shape index (κ1) is 18.0. The molecule has 1 saturated carbocycles. The van der Waals surface area contributed by atoms with E-state index in [1.165, 1.54) is 4.31 Å². The van der Waals surface area contributed by atoms with Gasteiger partial charge < -0.3 is 9.47 Å². The maximum atomic E-state index is 14.0. The summed E-state index contributed by atoms with van der Waals surface area (Å²) in [6.07, 6.45) is 0.459. The molecule has 25 heavy (non-hydrogen) atoms. The van der Waals surface area contributed by atoms with Gasteiger partial charge in [-0.15, -0.1) is 0 Å². The van der Waals surface area contributed by atoms with Crippen molar-refractivity contribution < 1.29 is 31.9 Å². The number of carbonyl (C=O) groups excluding carboxylic acids is 2. The Balaban J connectivity index is 1.84. The summed E-state index contributed by atoms with van der Waals surface area (Å²) in [6, 6.07) is 2.99. The minimum atomic E-state index is -3.86. The number of carbonyl (C=O) groups is 2. The maximum Gasteiger partial charge on any atom is 0.341 e. The van der Waals surface area contributed by atoms with Crippen molar-refractivity contribution in [1.29, 1.82) is 0 Å². The first-order valence-electron chi connectivity index (χ1n) is 8.01. The summed E-state index contributed by atoms with van der Waals surface area (Å²) >= 11 is 0. The molecule has 1 aromatic rings. The molecule has 0 radical (unpaired) electrons. The van der Waals surface area contributed by atoms with Crippen LogP contribution in [-0.2, 0) is 24.3 Å². The zero-order valence-electron chi connectivity index (χ0n) is 13.4.